The Kier molecular flexibility index (Phi) is 3.39. The van der Waals surface area contributed by atoms with Gasteiger partial charge in [-0.15, -0.1) is 0 Å². The maximum atomic E-state index is 10.6. The summed E-state index contributed by atoms with van der Waals surface area (Å²) in [5, 5.41) is 21.8. The summed E-state index contributed by atoms with van der Waals surface area (Å²) in [6.45, 7) is 3.02. The van der Waals surface area contributed by atoms with Crippen molar-refractivity contribution in [3.05, 3.63) is 27.9 Å². The minimum absolute atomic E-state index is 0.0893. The zero-order chi connectivity index (χ0) is 12.3. The molecule has 0 spiro atoms. The third kappa shape index (κ3) is 2.66. The molecule has 1 atom stereocenters. The summed E-state index contributed by atoms with van der Waals surface area (Å²) in [5.41, 5.74) is 0.341. The van der Waals surface area contributed by atoms with Gasteiger partial charge in [0, 0.05) is 5.56 Å². The molecule has 0 aromatic carbocycles. The molecule has 7 heteroatoms. The third-order valence-electron chi connectivity index (χ3n) is 2.01. The number of carboxylic acids is 1. The number of nitro groups is 1. The second-order valence-corrected chi connectivity index (χ2v) is 3.32. The van der Waals surface area contributed by atoms with E-state index in [0.29, 0.717) is 11.4 Å². The average Bonchev–Trinajstić information content (AvgIpc) is 2.16. The molecular formula is C9H11N3O4. The number of anilines is 1. The van der Waals surface area contributed by atoms with Crippen molar-refractivity contribution in [3.8, 4) is 0 Å². The molecule has 86 valence electrons. The summed E-state index contributed by atoms with van der Waals surface area (Å²) in [7, 11) is 0. The Balaban J connectivity index is 2.89. The Hall–Kier alpha value is -2.18. The number of rotatable bonds is 4. The molecule has 0 aliphatic heterocycles. The van der Waals surface area contributed by atoms with Gasteiger partial charge in [0.1, 0.15) is 18.1 Å². The first kappa shape index (κ1) is 11.9. The molecule has 0 unspecified atom stereocenters. The highest BCUT2D eigenvalue weighted by Crippen LogP contribution is 2.19. The molecule has 0 amide bonds. The second kappa shape index (κ2) is 4.56. The number of carboxylic acid groups (broad SMARTS) is 1. The first-order valence-corrected chi connectivity index (χ1v) is 4.52. The van der Waals surface area contributed by atoms with Crippen LogP contribution in [0, 0.1) is 17.0 Å². The van der Waals surface area contributed by atoms with Gasteiger partial charge >= 0.3 is 5.97 Å². The van der Waals surface area contributed by atoms with Crippen LogP contribution in [-0.2, 0) is 4.79 Å². The Morgan fingerprint density at radius 2 is 2.31 bits per heavy atom. The van der Waals surface area contributed by atoms with Crippen molar-refractivity contribution in [3.63, 3.8) is 0 Å². The van der Waals surface area contributed by atoms with Gasteiger partial charge in [-0.3, -0.25) is 14.9 Å². The topological polar surface area (TPSA) is 105 Å². The zero-order valence-corrected chi connectivity index (χ0v) is 8.80. The minimum Gasteiger partial charge on any atom is -0.480 e. The summed E-state index contributed by atoms with van der Waals surface area (Å²) in [6, 6.07) is 0.644. The summed E-state index contributed by atoms with van der Waals surface area (Å²) in [5.74, 6) is -0.712. The standard InChI is InChI=1S/C9H11N3O4/c1-5-3-8(11-6(2)9(13)14)10-4-7(5)12(15)16/h3-4,6H,1-2H3,(H,10,11)(H,13,14)/t6-/m1/s1. The lowest BCUT2D eigenvalue weighted by Crippen LogP contribution is -2.25. The van der Waals surface area contributed by atoms with E-state index in [2.05, 4.69) is 10.3 Å². The maximum absolute atomic E-state index is 10.6. The van der Waals surface area contributed by atoms with Crippen molar-refractivity contribution in [2.24, 2.45) is 0 Å². The van der Waals surface area contributed by atoms with E-state index in [9.17, 15) is 14.9 Å². The van der Waals surface area contributed by atoms with Gasteiger partial charge in [0.15, 0.2) is 0 Å². The van der Waals surface area contributed by atoms with E-state index in [1.165, 1.54) is 13.0 Å². The molecule has 7 nitrogen and oxygen atoms in total. The Morgan fingerprint density at radius 3 is 2.75 bits per heavy atom. The van der Waals surface area contributed by atoms with E-state index >= 15 is 0 Å². The average molecular weight is 225 g/mol. The fraction of sp³-hybridized carbons (Fsp3) is 0.333. The first-order chi connectivity index (χ1) is 7.41. The number of hydrogen-bond donors (Lipinski definition) is 2. The molecule has 0 bridgehead atoms. The van der Waals surface area contributed by atoms with Crippen LogP contribution in [0.15, 0.2) is 12.3 Å². The van der Waals surface area contributed by atoms with Crippen LogP contribution < -0.4 is 5.32 Å². The van der Waals surface area contributed by atoms with Crippen molar-refractivity contribution in [2.75, 3.05) is 5.32 Å². The Labute approximate surface area is 91.3 Å². The number of aryl methyl sites for hydroxylation is 1. The summed E-state index contributed by atoms with van der Waals surface area (Å²) < 4.78 is 0. The molecule has 1 aromatic heterocycles. The number of aliphatic carboxylic acids is 1. The molecule has 0 saturated heterocycles. The fourth-order valence-corrected chi connectivity index (χ4v) is 1.10. The Bertz CT molecular complexity index is 433. The summed E-state index contributed by atoms with van der Waals surface area (Å²) in [4.78, 5) is 24.3. The van der Waals surface area contributed by atoms with Crippen LogP contribution in [0.1, 0.15) is 12.5 Å². The molecule has 0 radical (unpaired) electrons. The Morgan fingerprint density at radius 1 is 1.69 bits per heavy atom. The lowest BCUT2D eigenvalue weighted by molar-refractivity contribution is -0.385. The van der Waals surface area contributed by atoms with Gasteiger partial charge in [-0.05, 0) is 19.9 Å². The largest absolute Gasteiger partial charge is 0.480 e. The van der Waals surface area contributed by atoms with Gasteiger partial charge in [-0.1, -0.05) is 0 Å². The molecule has 1 rings (SSSR count). The highest BCUT2D eigenvalue weighted by molar-refractivity contribution is 5.76. The van der Waals surface area contributed by atoms with E-state index in [1.807, 2.05) is 0 Å². The van der Waals surface area contributed by atoms with E-state index < -0.39 is 16.9 Å². The van der Waals surface area contributed by atoms with Crippen LogP contribution in [0.3, 0.4) is 0 Å². The zero-order valence-electron chi connectivity index (χ0n) is 8.80. The maximum Gasteiger partial charge on any atom is 0.325 e. The number of hydrogen-bond acceptors (Lipinski definition) is 5. The molecule has 0 aliphatic rings. The fourth-order valence-electron chi connectivity index (χ4n) is 1.10. The molecule has 0 saturated carbocycles. The normalized spacial score (nSPS) is 11.9. The molecule has 0 fully saturated rings. The first-order valence-electron chi connectivity index (χ1n) is 4.52. The van der Waals surface area contributed by atoms with Gasteiger partial charge in [0.2, 0.25) is 0 Å². The molecule has 1 aromatic rings. The number of carbonyl (C=O) groups is 1. The van der Waals surface area contributed by atoms with Gasteiger partial charge in [-0.2, -0.15) is 0 Å². The van der Waals surface area contributed by atoms with Crippen LogP contribution in [-0.4, -0.2) is 27.0 Å². The highest BCUT2D eigenvalue weighted by atomic mass is 16.6. The highest BCUT2D eigenvalue weighted by Gasteiger charge is 2.14. The van der Waals surface area contributed by atoms with Gasteiger partial charge in [0.25, 0.3) is 5.69 Å². The molecule has 16 heavy (non-hydrogen) atoms. The lowest BCUT2D eigenvalue weighted by atomic mass is 10.2. The molecule has 1 heterocycles. The lowest BCUT2D eigenvalue weighted by Gasteiger charge is -2.09. The number of nitrogens with zero attached hydrogens (tertiary/aromatic N) is 2. The van der Waals surface area contributed by atoms with E-state index in [1.54, 1.807) is 6.92 Å². The summed E-state index contributed by atoms with van der Waals surface area (Å²) >= 11 is 0. The van der Waals surface area contributed by atoms with E-state index in [-0.39, 0.29) is 5.69 Å². The number of aromatic nitrogens is 1. The predicted octanol–water partition coefficient (Wildman–Crippen LogP) is 1.18. The van der Waals surface area contributed by atoms with Gasteiger partial charge in [0.05, 0.1) is 4.92 Å². The van der Waals surface area contributed by atoms with Crippen molar-refractivity contribution in [2.45, 2.75) is 19.9 Å². The number of nitrogens with one attached hydrogen (secondary N) is 1. The molecular weight excluding hydrogens is 214 g/mol. The van der Waals surface area contributed by atoms with E-state index in [0.717, 1.165) is 6.20 Å². The monoisotopic (exact) mass is 225 g/mol. The van der Waals surface area contributed by atoms with Crippen molar-refractivity contribution in [1.29, 1.82) is 0 Å². The third-order valence-corrected chi connectivity index (χ3v) is 2.01. The smallest absolute Gasteiger partial charge is 0.325 e. The number of pyridine rings is 1. The van der Waals surface area contributed by atoms with Crippen molar-refractivity contribution in [1.82, 2.24) is 4.98 Å². The van der Waals surface area contributed by atoms with Crippen molar-refractivity contribution >= 4 is 17.5 Å². The minimum atomic E-state index is -1.02. The second-order valence-electron chi connectivity index (χ2n) is 3.32. The molecule has 2 N–H and O–H groups in total. The van der Waals surface area contributed by atoms with Crippen LogP contribution in [0.2, 0.25) is 0 Å². The van der Waals surface area contributed by atoms with Crippen LogP contribution in [0.4, 0.5) is 11.5 Å². The van der Waals surface area contributed by atoms with Crippen LogP contribution in [0.5, 0.6) is 0 Å². The SMILES string of the molecule is Cc1cc(N[C@H](C)C(=O)O)ncc1[N+](=O)[O-]. The van der Waals surface area contributed by atoms with Crippen LogP contribution >= 0.6 is 0 Å². The molecule has 0 aliphatic carbocycles. The summed E-state index contributed by atoms with van der Waals surface area (Å²) in [6.07, 6.45) is 1.10. The van der Waals surface area contributed by atoms with Gasteiger partial charge in [-0.25, -0.2) is 4.98 Å². The van der Waals surface area contributed by atoms with E-state index in [4.69, 9.17) is 5.11 Å². The van der Waals surface area contributed by atoms with Crippen molar-refractivity contribution < 1.29 is 14.8 Å². The quantitative estimate of drug-likeness (QED) is 0.588. The van der Waals surface area contributed by atoms with Gasteiger partial charge < -0.3 is 10.4 Å². The van der Waals surface area contributed by atoms with Crippen LogP contribution in [0.25, 0.3) is 0 Å². The predicted molar refractivity (Wildman–Crippen MR) is 56.3 cm³/mol.